The smallest absolute Gasteiger partial charge is 0.274 e. The second-order valence-corrected chi connectivity index (χ2v) is 11.4. The minimum absolute atomic E-state index is 0.0179. The Morgan fingerprint density at radius 2 is 2.15 bits per heavy atom. The van der Waals surface area contributed by atoms with Gasteiger partial charge in [-0.2, -0.15) is 0 Å². The number of hydrogen-bond donors (Lipinski definition) is 2. The standard InChI is InChI=1S/C26H31N5O2S/c1-26(2)10-20-19-5-7-31(14-23(19)34-22(20)11-26)13-18(15-32)8-17-9-21(25(33)30(3)12-17)29-24-4-6-27-16-28-24/h4,6,8-9,12,16,32H,5,7,10-11,13-15H2,1-3H3,(H,27,28,29). The van der Waals surface area contributed by atoms with Crippen LogP contribution in [0.4, 0.5) is 11.5 Å². The van der Waals surface area contributed by atoms with Gasteiger partial charge in [-0.25, -0.2) is 9.97 Å². The van der Waals surface area contributed by atoms with Crippen LogP contribution in [-0.4, -0.2) is 44.2 Å². The zero-order valence-electron chi connectivity index (χ0n) is 20.0. The summed E-state index contributed by atoms with van der Waals surface area (Å²) in [5, 5.41) is 13.2. The zero-order chi connectivity index (χ0) is 23.9. The van der Waals surface area contributed by atoms with Crippen molar-refractivity contribution in [3.05, 3.63) is 73.2 Å². The second kappa shape index (κ2) is 9.09. The van der Waals surface area contributed by atoms with Crippen molar-refractivity contribution in [2.24, 2.45) is 12.5 Å². The van der Waals surface area contributed by atoms with E-state index in [1.165, 1.54) is 24.0 Å². The molecule has 7 nitrogen and oxygen atoms in total. The van der Waals surface area contributed by atoms with Gasteiger partial charge >= 0.3 is 0 Å². The number of nitrogens with one attached hydrogen (secondary N) is 1. The largest absolute Gasteiger partial charge is 0.392 e. The molecule has 0 bridgehead atoms. The molecule has 4 heterocycles. The minimum atomic E-state index is -0.140. The van der Waals surface area contributed by atoms with Crippen molar-refractivity contribution < 1.29 is 5.11 Å². The van der Waals surface area contributed by atoms with Gasteiger partial charge in [0.2, 0.25) is 0 Å². The first-order valence-corrected chi connectivity index (χ1v) is 12.5. The average molecular weight is 478 g/mol. The Morgan fingerprint density at radius 3 is 2.91 bits per heavy atom. The van der Waals surface area contributed by atoms with Gasteiger partial charge in [0.05, 0.1) is 6.61 Å². The number of rotatable bonds is 6. The second-order valence-electron chi connectivity index (χ2n) is 10.2. The Kier molecular flexibility index (Phi) is 6.14. The molecule has 2 aliphatic rings. The lowest BCUT2D eigenvalue weighted by Crippen LogP contribution is -2.32. The fourth-order valence-electron chi connectivity index (χ4n) is 5.11. The third-order valence-electron chi connectivity index (χ3n) is 6.67. The lowest BCUT2D eigenvalue weighted by Gasteiger charge is -2.28. The molecule has 5 rings (SSSR count). The highest BCUT2D eigenvalue weighted by Crippen LogP contribution is 2.45. The highest BCUT2D eigenvalue weighted by Gasteiger charge is 2.34. The maximum absolute atomic E-state index is 12.6. The van der Waals surface area contributed by atoms with Crippen LogP contribution in [0, 0.1) is 5.41 Å². The van der Waals surface area contributed by atoms with Crippen molar-refractivity contribution >= 4 is 28.9 Å². The lowest BCUT2D eigenvalue weighted by atomic mass is 9.89. The maximum atomic E-state index is 12.6. The Balaban J connectivity index is 1.33. The molecule has 0 unspecified atom stereocenters. The molecule has 0 atom stereocenters. The molecule has 178 valence electrons. The fourth-order valence-corrected chi connectivity index (χ4v) is 6.78. The predicted molar refractivity (Wildman–Crippen MR) is 137 cm³/mol. The number of hydrogen-bond acceptors (Lipinski definition) is 7. The van der Waals surface area contributed by atoms with E-state index in [-0.39, 0.29) is 12.2 Å². The van der Waals surface area contributed by atoms with Gasteiger partial charge in [0.1, 0.15) is 17.8 Å². The normalized spacial score (nSPS) is 17.5. The molecule has 1 aliphatic carbocycles. The van der Waals surface area contributed by atoms with Crippen LogP contribution in [0.3, 0.4) is 0 Å². The van der Waals surface area contributed by atoms with Gasteiger partial charge in [0.15, 0.2) is 0 Å². The summed E-state index contributed by atoms with van der Waals surface area (Å²) in [6.45, 7) is 7.37. The van der Waals surface area contributed by atoms with Gasteiger partial charge in [0, 0.05) is 48.8 Å². The van der Waals surface area contributed by atoms with E-state index in [1.807, 2.05) is 17.4 Å². The van der Waals surface area contributed by atoms with Gasteiger partial charge in [-0.05, 0) is 59.1 Å². The number of aliphatic hydroxyl groups excluding tert-OH is 1. The van der Waals surface area contributed by atoms with Crippen LogP contribution < -0.4 is 10.9 Å². The minimum Gasteiger partial charge on any atom is -0.392 e. The van der Waals surface area contributed by atoms with Gasteiger partial charge in [-0.3, -0.25) is 9.69 Å². The summed E-state index contributed by atoms with van der Waals surface area (Å²) < 4.78 is 1.55. The SMILES string of the molecule is Cn1cc(C=C(CO)CN2CCc3c(sc4c3CC(C)(C)C4)C2)cc(Nc2ccncn2)c1=O. The van der Waals surface area contributed by atoms with E-state index in [4.69, 9.17) is 0 Å². The molecule has 0 spiro atoms. The van der Waals surface area contributed by atoms with E-state index in [9.17, 15) is 9.90 Å². The summed E-state index contributed by atoms with van der Waals surface area (Å²) in [5.74, 6) is 0.561. The Hall–Kier alpha value is -2.81. The van der Waals surface area contributed by atoms with E-state index in [0.717, 1.165) is 30.6 Å². The van der Waals surface area contributed by atoms with Crippen molar-refractivity contribution in [1.82, 2.24) is 19.4 Å². The van der Waals surface area contributed by atoms with E-state index >= 15 is 0 Å². The molecule has 34 heavy (non-hydrogen) atoms. The van der Waals surface area contributed by atoms with Crippen molar-refractivity contribution in [3.8, 4) is 0 Å². The number of thiophene rings is 1. The molecular weight excluding hydrogens is 446 g/mol. The van der Waals surface area contributed by atoms with Gasteiger partial charge in [-0.1, -0.05) is 19.9 Å². The molecule has 1 aliphatic heterocycles. The molecule has 0 fully saturated rings. The quantitative estimate of drug-likeness (QED) is 0.565. The third-order valence-corrected chi connectivity index (χ3v) is 7.93. The Bertz CT molecular complexity index is 1290. The summed E-state index contributed by atoms with van der Waals surface area (Å²) in [4.78, 5) is 26.2. The van der Waals surface area contributed by atoms with Crippen molar-refractivity contribution in [2.45, 2.75) is 39.7 Å². The first kappa shape index (κ1) is 23.0. The highest BCUT2D eigenvalue weighted by atomic mass is 32.1. The monoisotopic (exact) mass is 477 g/mol. The molecule has 8 heteroatoms. The van der Waals surface area contributed by atoms with Crippen LogP contribution in [0.15, 0.2) is 41.2 Å². The number of nitrogens with zero attached hydrogens (tertiary/aromatic N) is 4. The number of anilines is 2. The van der Waals surface area contributed by atoms with E-state index in [2.05, 4.69) is 34.0 Å². The topological polar surface area (TPSA) is 83.3 Å². The average Bonchev–Trinajstić information content (AvgIpc) is 3.28. The van der Waals surface area contributed by atoms with E-state index in [1.54, 1.807) is 52.1 Å². The highest BCUT2D eigenvalue weighted by molar-refractivity contribution is 7.12. The van der Waals surface area contributed by atoms with Gasteiger partial charge in [0.25, 0.3) is 5.56 Å². The van der Waals surface area contributed by atoms with Crippen LogP contribution >= 0.6 is 11.3 Å². The molecule has 0 saturated heterocycles. The number of fused-ring (bicyclic) bond motifs is 3. The lowest BCUT2D eigenvalue weighted by molar-refractivity contribution is 0.256. The number of pyridine rings is 1. The third kappa shape index (κ3) is 4.71. The summed E-state index contributed by atoms with van der Waals surface area (Å²) in [6, 6.07) is 3.52. The summed E-state index contributed by atoms with van der Waals surface area (Å²) in [5.41, 5.74) is 5.70. The summed E-state index contributed by atoms with van der Waals surface area (Å²) in [7, 11) is 1.73. The van der Waals surface area contributed by atoms with E-state index < -0.39 is 0 Å². The zero-order valence-corrected chi connectivity index (χ0v) is 20.8. The van der Waals surface area contributed by atoms with Crippen LogP contribution in [-0.2, 0) is 32.9 Å². The van der Waals surface area contributed by atoms with Crippen molar-refractivity contribution in [1.29, 1.82) is 0 Å². The molecule has 0 amide bonds. The molecular formula is C26H31N5O2S. The van der Waals surface area contributed by atoms with Gasteiger partial charge < -0.3 is 15.0 Å². The van der Waals surface area contributed by atoms with E-state index in [0.29, 0.717) is 23.5 Å². The number of aromatic nitrogens is 3. The molecule has 3 aromatic rings. The molecule has 0 aromatic carbocycles. The van der Waals surface area contributed by atoms with Crippen LogP contribution in [0.1, 0.15) is 40.3 Å². The van der Waals surface area contributed by atoms with Gasteiger partial charge in [-0.15, -0.1) is 11.3 Å². The Labute approximate surface area is 203 Å². The Morgan fingerprint density at radius 1 is 1.29 bits per heavy atom. The summed E-state index contributed by atoms with van der Waals surface area (Å²) >= 11 is 2.00. The van der Waals surface area contributed by atoms with Crippen molar-refractivity contribution in [2.75, 3.05) is 25.0 Å². The molecule has 3 aromatic heterocycles. The number of aryl methyl sites for hydroxylation is 1. The molecule has 0 radical (unpaired) electrons. The van der Waals surface area contributed by atoms with Crippen molar-refractivity contribution in [3.63, 3.8) is 0 Å². The van der Waals surface area contributed by atoms with Crippen LogP contribution in [0.25, 0.3) is 6.08 Å². The first-order chi connectivity index (χ1) is 16.3. The van der Waals surface area contributed by atoms with Crippen LogP contribution in [0.2, 0.25) is 0 Å². The first-order valence-electron chi connectivity index (χ1n) is 11.7. The molecule has 2 N–H and O–H groups in total. The fraction of sp³-hybridized carbons (Fsp3) is 0.423. The predicted octanol–water partition coefficient (Wildman–Crippen LogP) is 3.54. The van der Waals surface area contributed by atoms with Crippen LogP contribution in [0.5, 0.6) is 0 Å². The number of aliphatic hydroxyl groups is 1. The maximum Gasteiger partial charge on any atom is 0.274 e. The molecule has 0 saturated carbocycles. The summed E-state index contributed by atoms with van der Waals surface area (Å²) in [6.07, 6.45) is 10.3.